The van der Waals surface area contributed by atoms with Crippen molar-refractivity contribution >= 4 is 10.2 Å². The summed E-state index contributed by atoms with van der Waals surface area (Å²) in [7, 11) is -3.27. The highest BCUT2D eigenvalue weighted by atomic mass is 32.2. The summed E-state index contributed by atoms with van der Waals surface area (Å²) in [6.07, 6.45) is 3.51. The average molecular weight is 235 g/mol. The van der Waals surface area contributed by atoms with Crippen LogP contribution in [-0.4, -0.2) is 38.4 Å². The van der Waals surface area contributed by atoms with Crippen LogP contribution < -0.4 is 10.5 Å². The first-order chi connectivity index (χ1) is 7.11. The summed E-state index contributed by atoms with van der Waals surface area (Å²) < 4.78 is 27.9. The van der Waals surface area contributed by atoms with Gasteiger partial charge in [-0.15, -0.1) is 0 Å². The zero-order valence-corrected chi connectivity index (χ0v) is 10.1. The van der Waals surface area contributed by atoms with Gasteiger partial charge in [-0.05, 0) is 32.2 Å². The van der Waals surface area contributed by atoms with Crippen LogP contribution in [0.5, 0.6) is 0 Å². The van der Waals surface area contributed by atoms with E-state index in [9.17, 15) is 8.42 Å². The Morgan fingerprint density at radius 3 is 2.60 bits per heavy atom. The third-order valence-corrected chi connectivity index (χ3v) is 4.05. The molecule has 0 atom stereocenters. The molecule has 0 saturated heterocycles. The molecule has 1 saturated carbocycles. The molecule has 0 radical (unpaired) electrons. The van der Waals surface area contributed by atoms with E-state index in [1.807, 2.05) is 6.92 Å². The molecule has 0 aromatic heterocycles. The lowest BCUT2D eigenvalue weighted by molar-refractivity contribution is 0.392. The van der Waals surface area contributed by atoms with Crippen LogP contribution in [0.15, 0.2) is 0 Å². The second-order valence-electron chi connectivity index (χ2n) is 3.88. The summed E-state index contributed by atoms with van der Waals surface area (Å²) in [5.74, 6) is 0. The predicted molar refractivity (Wildman–Crippen MR) is 60.6 cm³/mol. The molecule has 0 spiro atoms. The highest BCUT2D eigenvalue weighted by Gasteiger charge is 2.36. The smallest absolute Gasteiger partial charge is 0.279 e. The van der Waals surface area contributed by atoms with Gasteiger partial charge in [0.05, 0.1) is 0 Å². The van der Waals surface area contributed by atoms with Crippen molar-refractivity contribution in [1.29, 1.82) is 0 Å². The number of nitrogens with one attached hydrogen (secondary N) is 1. The fourth-order valence-corrected chi connectivity index (χ4v) is 3.02. The maximum Gasteiger partial charge on any atom is 0.279 e. The molecule has 0 bridgehead atoms. The Morgan fingerprint density at radius 2 is 2.13 bits per heavy atom. The lowest BCUT2D eigenvalue weighted by atomic mass is 10.4. The quantitative estimate of drug-likeness (QED) is 0.624. The first-order valence-corrected chi connectivity index (χ1v) is 7.02. The normalized spacial score (nSPS) is 17.3. The van der Waals surface area contributed by atoms with E-state index in [4.69, 9.17) is 5.73 Å². The molecule has 0 amide bonds. The number of nitrogens with zero attached hydrogens (tertiary/aromatic N) is 1. The van der Waals surface area contributed by atoms with Crippen molar-refractivity contribution < 1.29 is 8.42 Å². The molecule has 1 fully saturated rings. The Kier molecular flexibility index (Phi) is 4.98. The minimum atomic E-state index is -3.27. The molecule has 3 N–H and O–H groups in total. The van der Waals surface area contributed by atoms with Gasteiger partial charge in [0.1, 0.15) is 0 Å². The Bertz CT molecular complexity index is 275. The van der Waals surface area contributed by atoms with E-state index in [0.717, 1.165) is 25.7 Å². The number of hydrogen-bond donors (Lipinski definition) is 2. The summed E-state index contributed by atoms with van der Waals surface area (Å²) in [6, 6.07) is 0.214. The summed E-state index contributed by atoms with van der Waals surface area (Å²) in [4.78, 5) is 0. The summed E-state index contributed by atoms with van der Waals surface area (Å²) in [5.41, 5.74) is 5.40. The molecular formula is C9H21N3O2S. The third-order valence-electron chi connectivity index (χ3n) is 2.38. The number of nitrogens with two attached hydrogens (primary N) is 1. The van der Waals surface area contributed by atoms with Crippen LogP contribution in [0, 0.1) is 0 Å². The van der Waals surface area contributed by atoms with Gasteiger partial charge >= 0.3 is 0 Å². The molecule has 5 nitrogen and oxygen atoms in total. The topological polar surface area (TPSA) is 75.4 Å². The fraction of sp³-hybridized carbons (Fsp3) is 1.00. The Hall–Kier alpha value is -0.170. The van der Waals surface area contributed by atoms with Gasteiger partial charge in [-0.2, -0.15) is 12.7 Å². The van der Waals surface area contributed by atoms with E-state index in [0.29, 0.717) is 19.6 Å². The lowest BCUT2D eigenvalue weighted by Gasteiger charge is -2.21. The van der Waals surface area contributed by atoms with Crippen LogP contribution in [-0.2, 0) is 10.2 Å². The molecule has 1 rings (SSSR count). The van der Waals surface area contributed by atoms with Crippen molar-refractivity contribution in [2.45, 2.75) is 38.6 Å². The van der Waals surface area contributed by atoms with Gasteiger partial charge in [-0.3, -0.25) is 0 Å². The zero-order valence-electron chi connectivity index (χ0n) is 9.28. The van der Waals surface area contributed by atoms with Crippen molar-refractivity contribution in [3.8, 4) is 0 Å². The summed E-state index contributed by atoms with van der Waals surface area (Å²) in [6.45, 7) is 3.53. The monoisotopic (exact) mass is 235 g/mol. The maximum absolute atomic E-state index is 11.9. The van der Waals surface area contributed by atoms with Gasteiger partial charge in [-0.1, -0.05) is 6.92 Å². The van der Waals surface area contributed by atoms with Gasteiger partial charge < -0.3 is 5.73 Å². The molecule has 1 aliphatic rings. The van der Waals surface area contributed by atoms with Crippen molar-refractivity contribution in [2.75, 3.05) is 19.6 Å². The highest BCUT2D eigenvalue weighted by Crippen LogP contribution is 2.28. The molecule has 0 unspecified atom stereocenters. The minimum Gasteiger partial charge on any atom is -0.330 e. The largest absolute Gasteiger partial charge is 0.330 e. The van der Waals surface area contributed by atoms with E-state index in [1.54, 1.807) is 4.31 Å². The van der Waals surface area contributed by atoms with Crippen LogP contribution in [0.4, 0.5) is 0 Å². The van der Waals surface area contributed by atoms with Gasteiger partial charge in [0.15, 0.2) is 0 Å². The van der Waals surface area contributed by atoms with Crippen LogP contribution in [0.1, 0.15) is 32.6 Å². The van der Waals surface area contributed by atoms with Crippen LogP contribution in [0.2, 0.25) is 0 Å². The molecule has 6 heteroatoms. The lowest BCUT2D eigenvalue weighted by Crippen LogP contribution is -2.43. The molecule has 1 aliphatic carbocycles. The second kappa shape index (κ2) is 5.79. The van der Waals surface area contributed by atoms with E-state index in [-0.39, 0.29) is 6.04 Å². The van der Waals surface area contributed by atoms with Crippen molar-refractivity contribution in [3.05, 3.63) is 0 Å². The van der Waals surface area contributed by atoms with E-state index >= 15 is 0 Å². The fourth-order valence-electron chi connectivity index (χ4n) is 1.42. The molecule has 0 heterocycles. The van der Waals surface area contributed by atoms with Crippen LogP contribution >= 0.6 is 0 Å². The molecule has 15 heavy (non-hydrogen) atoms. The highest BCUT2D eigenvalue weighted by molar-refractivity contribution is 7.87. The minimum absolute atomic E-state index is 0.214. The summed E-state index contributed by atoms with van der Waals surface area (Å²) in [5, 5.41) is 0. The molecular weight excluding hydrogens is 214 g/mol. The molecule has 0 aromatic carbocycles. The Labute approximate surface area is 92.2 Å². The third kappa shape index (κ3) is 4.06. The van der Waals surface area contributed by atoms with Crippen molar-refractivity contribution in [3.63, 3.8) is 0 Å². The van der Waals surface area contributed by atoms with Crippen LogP contribution in [0.25, 0.3) is 0 Å². The van der Waals surface area contributed by atoms with Gasteiger partial charge in [0.25, 0.3) is 10.2 Å². The van der Waals surface area contributed by atoms with E-state index in [2.05, 4.69) is 4.72 Å². The predicted octanol–water partition coefficient (Wildman–Crippen LogP) is 0.0440. The number of rotatable bonds is 8. The van der Waals surface area contributed by atoms with Gasteiger partial charge in [-0.25, -0.2) is 4.72 Å². The Morgan fingerprint density at radius 1 is 1.47 bits per heavy atom. The molecule has 90 valence electrons. The first kappa shape index (κ1) is 12.9. The van der Waals surface area contributed by atoms with Crippen molar-refractivity contribution in [1.82, 2.24) is 9.03 Å². The number of hydrogen-bond acceptors (Lipinski definition) is 3. The van der Waals surface area contributed by atoms with Crippen LogP contribution in [0.3, 0.4) is 0 Å². The molecule has 0 aliphatic heterocycles. The SMILES string of the molecule is CCCNS(=O)(=O)N(CCCN)C1CC1. The first-order valence-electron chi connectivity index (χ1n) is 5.58. The second-order valence-corrected chi connectivity index (χ2v) is 5.59. The average Bonchev–Trinajstić information content (AvgIpc) is 2.99. The van der Waals surface area contributed by atoms with Gasteiger partial charge in [0.2, 0.25) is 0 Å². The Balaban J connectivity index is 2.52. The molecule has 0 aromatic rings. The standard InChI is InChI=1S/C9H21N3O2S/c1-2-7-11-15(13,14)12(8-3-6-10)9-4-5-9/h9,11H,2-8,10H2,1H3. The summed E-state index contributed by atoms with van der Waals surface area (Å²) >= 11 is 0. The van der Waals surface area contributed by atoms with E-state index in [1.165, 1.54) is 0 Å². The van der Waals surface area contributed by atoms with E-state index < -0.39 is 10.2 Å². The zero-order chi connectivity index (χ0) is 11.3. The maximum atomic E-state index is 11.9. The van der Waals surface area contributed by atoms with Crippen molar-refractivity contribution in [2.24, 2.45) is 5.73 Å². The van der Waals surface area contributed by atoms with Gasteiger partial charge in [0, 0.05) is 19.1 Å².